The molecule has 3 aromatic carbocycles. The van der Waals surface area contributed by atoms with Gasteiger partial charge in [-0.05, 0) is 28.8 Å². The van der Waals surface area contributed by atoms with Crippen molar-refractivity contribution in [3.05, 3.63) is 102 Å². The maximum atomic E-state index is 6.10. The van der Waals surface area contributed by atoms with Gasteiger partial charge in [0.1, 0.15) is 11.2 Å². The smallest absolute Gasteiger partial charge is 0.119 e. The van der Waals surface area contributed by atoms with E-state index in [1.807, 2.05) is 54.6 Å². The van der Waals surface area contributed by atoms with Crippen molar-refractivity contribution >= 4 is 0 Å². The van der Waals surface area contributed by atoms with E-state index in [-0.39, 0.29) is 0 Å². The molecule has 3 rings (SSSR count). The Morgan fingerprint density at radius 3 is 1.74 bits per heavy atom. The average molecular weight is 298 g/mol. The van der Waals surface area contributed by atoms with E-state index >= 15 is 0 Å². The molecular weight excluding hydrogens is 280 g/mol. The lowest BCUT2D eigenvalue weighted by Crippen LogP contribution is -2.27. The Labute approximate surface area is 137 Å². The molecule has 1 heteroatoms. The third kappa shape index (κ3) is 2.60. The van der Waals surface area contributed by atoms with Gasteiger partial charge in [-0.25, -0.2) is 0 Å². The summed E-state index contributed by atoms with van der Waals surface area (Å²) in [4.78, 5) is 0. The minimum absolute atomic E-state index is 0.642. The second kappa shape index (κ2) is 6.42. The van der Waals surface area contributed by atoms with Crippen LogP contribution < -0.4 is 4.74 Å². The Morgan fingerprint density at radius 2 is 1.26 bits per heavy atom. The Hall–Kier alpha value is -2.98. The Morgan fingerprint density at radius 1 is 0.739 bits per heavy atom. The van der Waals surface area contributed by atoms with Crippen molar-refractivity contribution in [1.29, 1.82) is 0 Å². The number of hydrogen-bond donors (Lipinski definition) is 0. The Kier molecular flexibility index (Phi) is 4.17. The topological polar surface area (TPSA) is 9.23 Å². The lowest BCUT2D eigenvalue weighted by Gasteiger charge is -2.30. The van der Waals surface area contributed by atoms with Crippen LogP contribution in [0, 0.1) is 12.3 Å². The second-order valence-electron chi connectivity index (χ2n) is 5.36. The quantitative estimate of drug-likeness (QED) is 0.503. The highest BCUT2D eigenvalue weighted by molar-refractivity contribution is 5.58. The zero-order valence-electron chi connectivity index (χ0n) is 13.1. The van der Waals surface area contributed by atoms with E-state index in [1.54, 1.807) is 7.11 Å². The molecule has 0 atom stereocenters. The summed E-state index contributed by atoms with van der Waals surface area (Å²) in [6, 6.07) is 28.4. The van der Waals surface area contributed by atoms with Crippen LogP contribution in [0.2, 0.25) is 0 Å². The molecule has 0 aliphatic rings. The van der Waals surface area contributed by atoms with Crippen LogP contribution in [0.1, 0.15) is 16.7 Å². The zero-order valence-corrected chi connectivity index (χ0v) is 13.1. The van der Waals surface area contributed by atoms with Crippen LogP contribution in [0.15, 0.2) is 84.9 Å². The molecule has 0 radical (unpaired) electrons. The molecule has 0 N–H and O–H groups in total. The molecule has 0 fully saturated rings. The van der Waals surface area contributed by atoms with Gasteiger partial charge in [-0.2, -0.15) is 0 Å². The fourth-order valence-electron chi connectivity index (χ4n) is 2.98. The number of methoxy groups -OCH3 is 1. The summed E-state index contributed by atoms with van der Waals surface area (Å²) in [5.41, 5.74) is 2.53. The van der Waals surface area contributed by atoms with Gasteiger partial charge >= 0.3 is 0 Å². The first-order valence-corrected chi connectivity index (χ1v) is 7.54. The summed E-state index contributed by atoms with van der Waals surface area (Å²) in [5, 5.41) is 0. The van der Waals surface area contributed by atoms with Crippen molar-refractivity contribution in [2.75, 3.05) is 7.11 Å². The number of rotatable bonds is 4. The summed E-state index contributed by atoms with van der Waals surface area (Å²) in [7, 11) is 1.67. The van der Waals surface area contributed by atoms with Crippen LogP contribution in [-0.2, 0) is 5.41 Å². The highest BCUT2D eigenvalue weighted by atomic mass is 16.5. The van der Waals surface area contributed by atoms with E-state index in [4.69, 9.17) is 11.2 Å². The van der Waals surface area contributed by atoms with Crippen molar-refractivity contribution in [1.82, 2.24) is 0 Å². The molecule has 0 spiro atoms. The van der Waals surface area contributed by atoms with E-state index < -0.39 is 5.41 Å². The predicted octanol–water partition coefficient (Wildman–Crippen LogP) is 4.66. The number of ether oxygens (including phenoxy) is 1. The van der Waals surface area contributed by atoms with E-state index in [2.05, 4.69) is 36.3 Å². The third-order valence-electron chi connectivity index (χ3n) is 4.13. The van der Waals surface area contributed by atoms with Crippen LogP contribution in [0.5, 0.6) is 5.75 Å². The summed E-state index contributed by atoms with van der Waals surface area (Å²) in [6.45, 7) is 0. The molecular formula is C22H18O. The van der Waals surface area contributed by atoms with Crippen molar-refractivity contribution in [2.24, 2.45) is 0 Å². The summed E-state index contributed by atoms with van der Waals surface area (Å²) < 4.78 is 5.40. The van der Waals surface area contributed by atoms with E-state index in [0.717, 1.165) is 22.4 Å². The molecule has 112 valence electrons. The molecule has 0 bridgehead atoms. The normalized spacial score (nSPS) is 10.8. The number of hydrogen-bond acceptors (Lipinski definition) is 1. The van der Waals surface area contributed by atoms with Gasteiger partial charge < -0.3 is 4.74 Å². The monoisotopic (exact) mass is 298 g/mol. The van der Waals surface area contributed by atoms with Crippen molar-refractivity contribution in [3.63, 3.8) is 0 Å². The average Bonchev–Trinajstić information content (AvgIpc) is 2.65. The standard InChI is InChI=1S/C22H18O/c1-3-22(18-11-6-4-7-12-18,19-13-8-5-9-14-19)20-15-10-16-21(17-20)23-2/h1,4-17H,2H3. The van der Waals surface area contributed by atoms with Crippen LogP contribution in [0.25, 0.3) is 0 Å². The largest absolute Gasteiger partial charge is 0.497 e. The van der Waals surface area contributed by atoms with Crippen molar-refractivity contribution in [3.8, 4) is 18.1 Å². The van der Waals surface area contributed by atoms with Gasteiger partial charge in [-0.3, -0.25) is 0 Å². The first kappa shape index (κ1) is 14.9. The minimum Gasteiger partial charge on any atom is -0.497 e. The molecule has 0 amide bonds. The molecule has 0 unspecified atom stereocenters. The minimum atomic E-state index is -0.642. The Bertz CT molecular complexity index is 774. The molecule has 3 aromatic rings. The maximum Gasteiger partial charge on any atom is 0.119 e. The fraction of sp³-hybridized carbons (Fsp3) is 0.0909. The van der Waals surface area contributed by atoms with Crippen LogP contribution in [-0.4, -0.2) is 7.11 Å². The van der Waals surface area contributed by atoms with Gasteiger partial charge in [0.05, 0.1) is 7.11 Å². The molecule has 0 aliphatic carbocycles. The maximum absolute atomic E-state index is 6.10. The van der Waals surface area contributed by atoms with Crippen LogP contribution >= 0.6 is 0 Å². The lowest BCUT2D eigenvalue weighted by molar-refractivity contribution is 0.414. The van der Waals surface area contributed by atoms with Gasteiger partial charge in [0, 0.05) is 0 Å². The van der Waals surface area contributed by atoms with Crippen LogP contribution in [0.3, 0.4) is 0 Å². The molecule has 0 heterocycles. The lowest BCUT2D eigenvalue weighted by atomic mass is 9.70. The van der Waals surface area contributed by atoms with Gasteiger partial charge in [-0.15, -0.1) is 6.42 Å². The summed E-state index contributed by atoms with van der Waals surface area (Å²) >= 11 is 0. The third-order valence-corrected chi connectivity index (χ3v) is 4.13. The first-order valence-electron chi connectivity index (χ1n) is 7.54. The van der Waals surface area contributed by atoms with Gasteiger partial charge in [0.2, 0.25) is 0 Å². The molecule has 0 saturated carbocycles. The Balaban J connectivity index is 2.32. The van der Waals surface area contributed by atoms with E-state index in [0.29, 0.717) is 0 Å². The van der Waals surface area contributed by atoms with Crippen molar-refractivity contribution in [2.45, 2.75) is 5.41 Å². The summed E-state index contributed by atoms with van der Waals surface area (Å²) in [5.74, 6) is 3.86. The highest BCUT2D eigenvalue weighted by Gasteiger charge is 2.34. The SMILES string of the molecule is C#CC(c1ccccc1)(c1ccccc1)c1cccc(OC)c1. The highest BCUT2D eigenvalue weighted by Crippen LogP contribution is 2.39. The van der Waals surface area contributed by atoms with Gasteiger partial charge in [0.25, 0.3) is 0 Å². The second-order valence-corrected chi connectivity index (χ2v) is 5.36. The number of terminal acetylenes is 1. The van der Waals surface area contributed by atoms with E-state index in [1.165, 1.54) is 0 Å². The molecule has 23 heavy (non-hydrogen) atoms. The van der Waals surface area contributed by atoms with Gasteiger partial charge in [-0.1, -0.05) is 78.7 Å². The van der Waals surface area contributed by atoms with Crippen LogP contribution in [0.4, 0.5) is 0 Å². The number of benzene rings is 3. The zero-order chi connectivity index (χ0) is 16.1. The fourth-order valence-corrected chi connectivity index (χ4v) is 2.98. The molecule has 0 aromatic heterocycles. The predicted molar refractivity (Wildman–Crippen MR) is 94.6 cm³/mol. The van der Waals surface area contributed by atoms with E-state index in [9.17, 15) is 0 Å². The molecule has 0 aliphatic heterocycles. The molecule has 1 nitrogen and oxygen atoms in total. The van der Waals surface area contributed by atoms with Crippen molar-refractivity contribution < 1.29 is 4.74 Å². The first-order chi connectivity index (χ1) is 11.3. The summed E-state index contributed by atoms with van der Waals surface area (Å²) in [6.07, 6.45) is 6.10. The molecule has 0 saturated heterocycles. The van der Waals surface area contributed by atoms with Gasteiger partial charge in [0.15, 0.2) is 0 Å².